The maximum Gasteiger partial charge on any atom is 0.0662 e. The summed E-state index contributed by atoms with van der Waals surface area (Å²) in [7, 11) is 0. The highest BCUT2D eigenvalue weighted by molar-refractivity contribution is 14.1. The van der Waals surface area contributed by atoms with Crippen molar-refractivity contribution in [3.63, 3.8) is 0 Å². The molecule has 0 saturated carbocycles. The number of H-pyrrole nitrogens is 4. The third-order valence-electron chi connectivity index (χ3n) is 15.6. The largest absolute Gasteiger partial charge is 0.354 e. The van der Waals surface area contributed by atoms with Crippen LogP contribution in [0, 0.1) is 24.3 Å². The number of hydrogen-bond acceptors (Lipinski definition) is 0. The van der Waals surface area contributed by atoms with Gasteiger partial charge in [0.15, 0.2) is 0 Å². The quantitative estimate of drug-likeness (QED) is 0.0984. The fourth-order valence-electron chi connectivity index (χ4n) is 12.2. The van der Waals surface area contributed by atoms with Crippen LogP contribution in [0.5, 0.6) is 0 Å². The predicted octanol–water partition coefficient (Wildman–Crippen LogP) is 19.6. The van der Waals surface area contributed by atoms with E-state index in [1.807, 2.05) is 0 Å². The van der Waals surface area contributed by atoms with Crippen LogP contribution in [0.3, 0.4) is 0 Å². The molecule has 373 valence electrons. The van der Waals surface area contributed by atoms with Crippen LogP contribution in [0.1, 0.15) is 24.1 Å². The van der Waals surface area contributed by atoms with Gasteiger partial charge in [0.05, 0.1) is 44.1 Å². The summed E-state index contributed by atoms with van der Waals surface area (Å²) in [5.41, 5.74) is 20.5. The highest BCUT2D eigenvalue weighted by Gasteiger charge is 2.27. The van der Waals surface area contributed by atoms with Crippen LogP contribution >= 0.6 is 22.6 Å². The fourth-order valence-corrected chi connectivity index (χ4v) is 12.6. The summed E-state index contributed by atoms with van der Waals surface area (Å²) in [5.74, 6) is 0. The molecular weight excluding hydrogens is 1060 g/mol. The Balaban J connectivity index is 0.000000134. The van der Waals surface area contributed by atoms with Gasteiger partial charge in [0.1, 0.15) is 0 Å². The normalized spacial score (nSPS) is 11.6. The monoisotopic (exact) mass is 1120 g/mol. The number of aryl methyl sites for hydroxylation is 3. The van der Waals surface area contributed by atoms with Gasteiger partial charge in [-0.25, -0.2) is 0 Å². The fraction of sp³-hybridized carbons (Fsp3) is 0.0571. The van der Waals surface area contributed by atoms with Crippen molar-refractivity contribution in [3.05, 3.63) is 239 Å². The van der Waals surface area contributed by atoms with Gasteiger partial charge < -0.3 is 29.1 Å². The predicted molar refractivity (Wildman–Crippen MR) is 345 cm³/mol. The number of aromatic nitrogens is 6. The number of para-hydroxylation sites is 6. The lowest BCUT2D eigenvalue weighted by molar-refractivity contribution is 1.17. The minimum atomic E-state index is 0. The Kier molecular flexibility index (Phi) is 11.8. The van der Waals surface area contributed by atoms with E-state index in [9.17, 15) is 0 Å². The van der Waals surface area contributed by atoms with Gasteiger partial charge in [-0.1, -0.05) is 170 Å². The highest BCUT2D eigenvalue weighted by Crippen LogP contribution is 2.49. The molecule has 6 nitrogen and oxygen atoms in total. The topological polar surface area (TPSA) is 73.0 Å². The Morgan fingerprint density at radius 3 is 0.923 bits per heavy atom. The van der Waals surface area contributed by atoms with Crippen LogP contribution < -0.4 is 0 Å². The molecule has 0 spiro atoms. The molecule has 0 aliphatic rings. The van der Waals surface area contributed by atoms with E-state index in [0.717, 1.165) is 5.52 Å². The van der Waals surface area contributed by atoms with Gasteiger partial charge in [0, 0.05) is 110 Å². The molecule has 0 saturated heterocycles. The summed E-state index contributed by atoms with van der Waals surface area (Å²) in [6.45, 7) is 6.39. The Bertz CT molecular complexity index is 4810. The number of benzene rings is 11. The second kappa shape index (κ2) is 18.9. The summed E-state index contributed by atoms with van der Waals surface area (Å²) in [5, 5.41) is 15.2. The van der Waals surface area contributed by atoms with Crippen molar-refractivity contribution in [2.45, 2.75) is 28.2 Å². The third-order valence-corrected chi connectivity index (χ3v) is 16.4. The van der Waals surface area contributed by atoms with Crippen molar-refractivity contribution < 1.29 is 0 Å². The maximum atomic E-state index is 3.88. The van der Waals surface area contributed by atoms with E-state index in [2.05, 4.69) is 291 Å². The van der Waals surface area contributed by atoms with Crippen molar-refractivity contribution in [2.24, 2.45) is 0 Å². The molecule has 0 fully saturated rings. The van der Waals surface area contributed by atoms with Crippen molar-refractivity contribution in [3.8, 4) is 11.4 Å². The molecule has 78 heavy (non-hydrogen) atoms. The molecule has 0 aliphatic heterocycles. The third kappa shape index (κ3) is 7.37. The zero-order chi connectivity index (χ0) is 50.8. The summed E-state index contributed by atoms with van der Waals surface area (Å²) in [4.78, 5) is 15.0. The van der Waals surface area contributed by atoms with E-state index in [0.29, 0.717) is 0 Å². The molecule has 0 atom stereocenters. The first kappa shape index (κ1) is 48.6. The molecule has 0 aliphatic carbocycles. The molecule has 6 aromatic heterocycles. The molecule has 8 heteroatoms. The van der Waals surface area contributed by atoms with Crippen molar-refractivity contribution in [1.29, 1.82) is 0 Å². The number of nitrogens with zero attached hydrogens (tertiary/aromatic N) is 2. The van der Waals surface area contributed by atoms with Gasteiger partial charge >= 0.3 is 0 Å². The van der Waals surface area contributed by atoms with E-state index in [1.165, 1.54) is 157 Å². The first-order valence-electron chi connectivity index (χ1n) is 26.0. The summed E-state index contributed by atoms with van der Waals surface area (Å²) >= 11 is 2.30. The van der Waals surface area contributed by atoms with E-state index in [-0.39, 0.29) is 15.8 Å². The van der Waals surface area contributed by atoms with Gasteiger partial charge in [-0.3, -0.25) is 0 Å². The SMILES string of the molecule is C.Cc1ccc(-n2c3ccccc3c3c4[nH]c5ccccc5c4c4c(c5ccccc5n4-c4ccc(C)cc4)c32)cc1.Cc1ccc(I)cc1.[B].c1ccc2c(c1)[nH]c1c2c2[nH]c3ccccc3c2c2[nH]c3ccccc3c12. The van der Waals surface area contributed by atoms with E-state index in [4.69, 9.17) is 0 Å². The number of nitrogens with one attached hydrogen (secondary N) is 4. The van der Waals surface area contributed by atoms with Crippen molar-refractivity contribution >= 4 is 162 Å². The van der Waals surface area contributed by atoms with Crippen molar-refractivity contribution in [2.75, 3.05) is 0 Å². The number of halogens is 1. The Hall–Kier alpha value is -8.99. The second-order valence-corrected chi connectivity index (χ2v) is 21.5. The van der Waals surface area contributed by atoms with Gasteiger partial charge in [0.25, 0.3) is 0 Å². The van der Waals surface area contributed by atoms with Gasteiger partial charge in [0.2, 0.25) is 0 Å². The van der Waals surface area contributed by atoms with E-state index in [1.54, 1.807) is 0 Å². The lowest BCUT2D eigenvalue weighted by Crippen LogP contribution is -1.96. The average Bonchev–Trinajstić information content (AvgIpc) is 3.63. The van der Waals surface area contributed by atoms with E-state index >= 15 is 0 Å². The lowest BCUT2D eigenvalue weighted by Gasteiger charge is -2.12. The summed E-state index contributed by atoms with van der Waals surface area (Å²) < 4.78 is 6.25. The van der Waals surface area contributed by atoms with Crippen LogP contribution in [0.4, 0.5) is 0 Å². The molecule has 0 unspecified atom stereocenters. The van der Waals surface area contributed by atoms with Gasteiger partial charge in [-0.15, -0.1) is 0 Å². The molecule has 6 heterocycles. The molecule has 0 amide bonds. The van der Waals surface area contributed by atoms with Crippen LogP contribution in [0.25, 0.3) is 142 Å². The molecule has 17 rings (SSSR count). The molecule has 3 radical (unpaired) electrons. The Labute approximate surface area is 466 Å². The first-order chi connectivity index (χ1) is 37.4. The number of rotatable bonds is 2. The van der Waals surface area contributed by atoms with Gasteiger partial charge in [-0.2, -0.15) is 0 Å². The van der Waals surface area contributed by atoms with Gasteiger partial charge in [-0.05, 0) is 116 Å². The minimum absolute atomic E-state index is 0. The van der Waals surface area contributed by atoms with E-state index < -0.39 is 0 Å². The van der Waals surface area contributed by atoms with Crippen LogP contribution in [-0.4, -0.2) is 37.5 Å². The number of aromatic amines is 4. The molecule has 11 aromatic carbocycles. The standard InChI is InChI=1S/C38H27N3.C24H15N3.C7H7I.CH4.B/c1-23-15-19-25(20-16-23)40-31-13-7-4-10-28(31)34-36-33(27-9-3-6-12-30(27)39-36)37-35(38(34)40)29-11-5-8-14-32(29)41(37)26-21-17-24(2)18-22-26;1-4-10-16-13(7-1)19-22(25-16)20-15-9-3-6-12-18(15)27-24(20)21-14-8-2-5-11-17(14)26-23(19)21;1-6-2-4-7(8)5-3-6;;/h3-22,39H,1-2H3;1-12,25-27H;2-5H,1H3;1H4;. The Morgan fingerprint density at radius 2 is 0.564 bits per heavy atom. The zero-order valence-corrected chi connectivity index (χ0v) is 44.8. The zero-order valence-electron chi connectivity index (χ0n) is 42.6. The smallest absolute Gasteiger partial charge is 0.0662 e. The lowest BCUT2D eigenvalue weighted by atomic mass is 10.0. The number of fused-ring (bicyclic) bond motifs is 24. The first-order valence-corrected chi connectivity index (χ1v) is 27.0. The average molecular weight is 1120 g/mol. The summed E-state index contributed by atoms with van der Waals surface area (Å²) in [6.07, 6.45) is 0. The highest BCUT2D eigenvalue weighted by atomic mass is 127. The second-order valence-electron chi connectivity index (χ2n) is 20.3. The molecular formula is C70H53BIN6. The maximum absolute atomic E-state index is 3.88. The van der Waals surface area contributed by atoms with Crippen LogP contribution in [0.2, 0.25) is 0 Å². The van der Waals surface area contributed by atoms with Crippen LogP contribution in [-0.2, 0) is 0 Å². The Morgan fingerprint density at radius 1 is 0.295 bits per heavy atom. The molecule has 0 bridgehead atoms. The summed E-state index contributed by atoms with van der Waals surface area (Å²) in [6, 6.07) is 78.5. The minimum Gasteiger partial charge on any atom is -0.354 e. The van der Waals surface area contributed by atoms with Crippen molar-refractivity contribution in [1.82, 2.24) is 29.1 Å². The molecule has 4 N–H and O–H groups in total. The molecule has 17 aromatic rings. The van der Waals surface area contributed by atoms with Crippen LogP contribution in [0.15, 0.2) is 218 Å². The number of hydrogen-bond donors (Lipinski definition) is 4.